The maximum absolute atomic E-state index is 5.03. The van der Waals surface area contributed by atoms with E-state index in [1.165, 1.54) is 4.88 Å². The quantitative estimate of drug-likeness (QED) is 0.822. The summed E-state index contributed by atoms with van der Waals surface area (Å²) in [7, 11) is 0. The van der Waals surface area contributed by atoms with Gasteiger partial charge in [0, 0.05) is 17.8 Å². The van der Waals surface area contributed by atoms with Crippen molar-refractivity contribution < 1.29 is 4.52 Å². The molecule has 2 heterocycles. The van der Waals surface area contributed by atoms with Crippen molar-refractivity contribution in [3.8, 4) is 0 Å². The Bertz CT molecular complexity index is 416. The molecular formula is C11H16ClN3OS. The fourth-order valence-corrected chi connectivity index (χ4v) is 2.11. The van der Waals surface area contributed by atoms with E-state index in [9.17, 15) is 0 Å². The summed E-state index contributed by atoms with van der Waals surface area (Å²) in [6.07, 6.45) is 1.87. The van der Waals surface area contributed by atoms with E-state index in [4.69, 9.17) is 4.52 Å². The number of hydrogen-bond acceptors (Lipinski definition) is 5. The molecule has 0 saturated heterocycles. The third kappa shape index (κ3) is 4.85. The summed E-state index contributed by atoms with van der Waals surface area (Å²) in [6, 6.07) is 4.21. The minimum absolute atomic E-state index is 0. The van der Waals surface area contributed by atoms with Gasteiger partial charge in [-0.05, 0) is 31.3 Å². The molecule has 17 heavy (non-hydrogen) atoms. The van der Waals surface area contributed by atoms with Crippen LogP contribution in [0, 0.1) is 6.92 Å². The van der Waals surface area contributed by atoms with Crippen molar-refractivity contribution in [3.05, 3.63) is 34.1 Å². The summed E-state index contributed by atoms with van der Waals surface area (Å²) in [6.45, 7) is 3.75. The van der Waals surface area contributed by atoms with Gasteiger partial charge < -0.3 is 9.84 Å². The van der Waals surface area contributed by atoms with Gasteiger partial charge in [-0.15, -0.1) is 23.7 Å². The van der Waals surface area contributed by atoms with Crippen LogP contribution < -0.4 is 5.32 Å². The van der Waals surface area contributed by atoms with Gasteiger partial charge in [0.1, 0.15) is 0 Å². The first-order valence-corrected chi connectivity index (χ1v) is 6.25. The van der Waals surface area contributed by atoms with E-state index >= 15 is 0 Å². The first-order chi connectivity index (χ1) is 7.84. The third-order valence-corrected chi connectivity index (χ3v) is 3.07. The van der Waals surface area contributed by atoms with Gasteiger partial charge in [0.05, 0.1) is 0 Å². The maximum atomic E-state index is 5.03. The average molecular weight is 274 g/mol. The van der Waals surface area contributed by atoms with E-state index in [1.807, 2.05) is 6.92 Å². The summed E-state index contributed by atoms with van der Waals surface area (Å²) in [5.74, 6) is 1.44. The van der Waals surface area contributed by atoms with Crippen LogP contribution in [0.3, 0.4) is 0 Å². The van der Waals surface area contributed by atoms with Crippen LogP contribution in [0.4, 0.5) is 0 Å². The normalized spacial score (nSPS) is 10.2. The lowest BCUT2D eigenvalue weighted by Crippen LogP contribution is -2.14. The van der Waals surface area contributed by atoms with Crippen molar-refractivity contribution in [1.29, 1.82) is 0 Å². The number of rotatable bonds is 6. The highest BCUT2D eigenvalue weighted by Crippen LogP contribution is 2.07. The van der Waals surface area contributed by atoms with Gasteiger partial charge in [0.2, 0.25) is 5.89 Å². The lowest BCUT2D eigenvalue weighted by Gasteiger charge is -2.00. The Labute approximate surface area is 111 Å². The number of nitrogens with zero attached hydrogens (tertiary/aromatic N) is 2. The monoisotopic (exact) mass is 273 g/mol. The van der Waals surface area contributed by atoms with E-state index in [1.54, 1.807) is 11.3 Å². The third-order valence-electron chi connectivity index (χ3n) is 2.19. The van der Waals surface area contributed by atoms with E-state index in [0.29, 0.717) is 5.82 Å². The molecule has 0 unspecified atom stereocenters. The highest BCUT2D eigenvalue weighted by Gasteiger charge is 2.01. The molecule has 1 N–H and O–H groups in total. The zero-order valence-electron chi connectivity index (χ0n) is 9.68. The van der Waals surface area contributed by atoms with E-state index in [2.05, 4.69) is 33.0 Å². The van der Waals surface area contributed by atoms with Gasteiger partial charge in [-0.3, -0.25) is 0 Å². The van der Waals surface area contributed by atoms with Crippen LogP contribution in [-0.2, 0) is 13.0 Å². The van der Waals surface area contributed by atoms with Crippen LogP contribution in [0.1, 0.15) is 23.0 Å². The number of aromatic nitrogens is 2. The van der Waals surface area contributed by atoms with Crippen LogP contribution in [-0.4, -0.2) is 16.7 Å². The number of thiophene rings is 1. The molecular weight excluding hydrogens is 258 g/mol. The number of aryl methyl sites for hydroxylation is 2. The molecule has 0 spiro atoms. The highest BCUT2D eigenvalue weighted by atomic mass is 35.5. The summed E-state index contributed by atoms with van der Waals surface area (Å²) in [5.41, 5.74) is 0. The largest absolute Gasteiger partial charge is 0.339 e. The molecule has 0 aromatic carbocycles. The van der Waals surface area contributed by atoms with Gasteiger partial charge in [0.25, 0.3) is 0 Å². The SMILES string of the molecule is Cc1noc(CCCNCc2cccs2)n1.Cl. The maximum Gasteiger partial charge on any atom is 0.226 e. The second kappa shape index (κ2) is 7.42. The van der Waals surface area contributed by atoms with Crippen molar-refractivity contribution >= 4 is 23.7 Å². The summed E-state index contributed by atoms with van der Waals surface area (Å²) in [4.78, 5) is 5.52. The zero-order valence-corrected chi connectivity index (χ0v) is 11.3. The van der Waals surface area contributed by atoms with Crippen LogP contribution in [0.5, 0.6) is 0 Å². The number of hydrogen-bond donors (Lipinski definition) is 1. The fourth-order valence-electron chi connectivity index (χ4n) is 1.43. The van der Waals surface area contributed by atoms with Crippen molar-refractivity contribution in [2.45, 2.75) is 26.3 Å². The van der Waals surface area contributed by atoms with Crippen molar-refractivity contribution in [2.75, 3.05) is 6.54 Å². The van der Waals surface area contributed by atoms with E-state index in [0.717, 1.165) is 31.8 Å². The lowest BCUT2D eigenvalue weighted by atomic mass is 10.3. The van der Waals surface area contributed by atoms with E-state index < -0.39 is 0 Å². The zero-order chi connectivity index (χ0) is 11.2. The Morgan fingerprint density at radius 2 is 2.35 bits per heavy atom. The van der Waals surface area contributed by atoms with E-state index in [-0.39, 0.29) is 12.4 Å². The minimum atomic E-state index is 0. The van der Waals surface area contributed by atoms with Gasteiger partial charge >= 0.3 is 0 Å². The molecule has 0 aliphatic heterocycles. The predicted octanol–water partition coefficient (Wildman–Crippen LogP) is 2.58. The summed E-state index contributed by atoms with van der Waals surface area (Å²) < 4.78 is 5.03. The van der Waals surface area contributed by atoms with Crippen molar-refractivity contribution in [3.63, 3.8) is 0 Å². The topological polar surface area (TPSA) is 51.0 Å². The second-order valence-corrected chi connectivity index (χ2v) is 4.63. The fraction of sp³-hybridized carbons (Fsp3) is 0.455. The molecule has 94 valence electrons. The molecule has 0 aliphatic rings. The molecule has 0 atom stereocenters. The first-order valence-electron chi connectivity index (χ1n) is 5.37. The molecule has 4 nitrogen and oxygen atoms in total. The lowest BCUT2D eigenvalue weighted by molar-refractivity contribution is 0.371. The van der Waals surface area contributed by atoms with Gasteiger partial charge in [-0.1, -0.05) is 11.2 Å². The molecule has 2 aromatic heterocycles. The molecule has 0 bridgehead atoms. The molecule has 0 radical (unpaired) electrons. The Kier molecular flexibility index (Phi) is 6.18. The standard InChI is InChI=1S/C11H15N3OS.ClH/c1-9-13-11(15-14-9)5-2-6-12-8-10-4-3-7-16-10;/h3-4,7,12H,2,5-6,8H2,1H3;1H. The molecule has 0 fully saturated rings. The summed E-state index contributed by atoms with van der Waals surface area (Å²) >= 11 is 1.78. The molecule has 2 aromatic rings. The van der Waals surface area contributed by atoms with Gasteiger partial charge in [-0.2, -0.15) is 4.98 Å². The molecule has 0 amide bonds. The summed E-state index contributed by atoms with van der Waals surface area (Å²) in [5, 5.41) is 9.23. The van der Waals surface area contributed by atoms with Crippen LogP contribution in [0.2, 0.25) is 0 Å². The van der Waals surface area contributed by atoms with Crippen LogP contribution in [0.15, 0.2) is 22.0 Å². The van der Waals surface area contributed by atoms with Gasteiger partial charge in [-0.25, -0.2) is 0 Å². The Balaban J connectivity index is 0.00000144. The molecule has 6 heteroatoms. The van der Waals surface area contributed by atoms with Crippen molar-refractivity contribution in [1.82, 2.24) is 15.5 Å². The second-order valence-electron chi connectivity index (χ2n) is 3.60. The Hall–Kier alpha value is -0.910. The van der Waals surface area contributed by atoms with Crippen molar-refractivity contribution in [2.24, 2.45) is 0 Å². The predicted molar refractivity (Wildman–Crippen MR) is 70.6 cm³/mol. The smallest absolute Gasteiger partial charge is 0.226 e. The average Bonchev–Trinajstić information content (AvgIpc) is 2.89. The van der Waals surface area contributed by atoms with Crippen LogP contribution in [0.25, 0.3) is 0 Å². The Morgan fingerprint density at radius 3 is 3.00 bits per heavy atom. The number of halogens is 1. The molecule has 0 saturated carbocycles. The molecule has 2 rings (SSSR count). The highest BCUT2D eigenvalue weighted by molar-refractivity contribution is 7.09. The van der Waals surface area contributed by atoms with Gasteiger partial charge in [0.15, 0.2) is 5.82 Å². The number of nitrogens with one attached hydrogen (secondary N) is 1. The Morgan fingerprint density at radius 1 is 1.47 bits per heavy atom. The van der Waals surface area contributed by atoms with Crippen LogP contribution >= 0.6 is 23.7 Å². The molecule has 0 aliphatic carbocycles. The first kappa shape index (κ1) is 14.2. The minimum Gasteiger partial charge on any atom is -0.339 e.